The summed E-state index contributed by atoms with van der Waals surface area (Å²) in [5, 5.41) is 14.1. The first-order valence-electron chi connectivity index (χ1n) is 6.61. The summed E-state index contributed by atoms with van der Waals surface area (Å²) in [4.78, 5) is 10.6. The predicted molar refractivity (Wildman–Crippen MR) is 81.9 cm³/mol. The largest absolute Gasteiger partial charge is 0.493 e. The zero-order chi connectivity index (χ0) is 15.2. The van der Waals surface area contributed by atoms with Crippen molar-refractivity contribution in [2.45, 2.75) is 18.4 Å². The normalized spacial score (nSPS) is 10.6. The van der Waals surface area contributed by atoms with Gasteiger partial charge in [-0.05, 0) is 30.7 Å². The molecule has 2 aromatic rings. The average Bonchev–Trinajstić information content (AvgIpc) is 2.74. The van der Waals surface area contributed by atoms with Gasteiger partial charge in [-0.2, -0.15) is 5.10 Å². The third-order valence-electron chi connectivity index (χ3n) is 2.84. The number of thioether (sulfide) groups is 1. The SMILES string of the molecule is Cc1cc(SCCOc2ccc(CC(=O)O)cc2)n(C)n1. The fourth-order valence-corrected chi connectivity index (χ4v) is 2.76. The van der Waals surface area contributed by atoms with Crippen LogP contribution < -0.4 is 4.74 Å². The lowest BCUT2D eigenvalue weighted by molar-refractivity contribution is -0.136. The molecule has 0 bridgehead atoms. The molecule has 0 amide bonds. The van der Waals surface area contributed by atoms with Gasteiger partial charge in [0.25, 0.3) is 0 Å². The molecule has 0 aliphatic rings. The highest BCUT2D eigenvalue weighted by Crippen LogP contribution is 2.19. The van der Waals surface area contributed by atoms with Crippen molar-refractivity contribution in [2.75, 3.05) is 12.4 Å². The third-order valence-corrected chi connectivity index (χ3v) is 3.89. The van der Waals surface area contributed by atoms with Crippen LogP contribution in [-0.2, 0) is 18.3 Å². The fraction of sp³-hybridized carbons (Fsp3) is 0.333. The van der Waals surface area contributed by atoms with E-state index in [4.69, 9.17) is 9.84 Å². The minimum Gasteiger partial charge on any atom is -0.493 e. The van der Waals surface area contributed by atoms with Crippen molar-refractivity contribution >= 4 is 17.7 Å². The van der Waals surface area contributed by atoms with Crippen LogP contribution in [0.3, 0.4) is 0 Å². The summed E-state index contributed by atoms with van der Waals surface area (Å²) in [7, 11) is 1.93. The molecule has 0 aliphatic heterocycles. The number of benzene rings is 1. The van der Waals surface area contributed by atoms with E-state index >= 15 is 0 Å². The monoisotopic (exact) mass is 306 g/mol. The van der Waals surface area contributed by atoms with Crippen LogP contribution in [0.1, 0.15) is 11.3 Å². The van der Waals surface area contributed by atoms with Crippen molar-refractivity contribution in [3.63, 3.8) is 0 Å². The smallest absolute Gasteiger partial charge is 0.307 e. The zero-order valence-electron chi connectivity index (χ0n) is 12.1. The molecule has 0 radical (unpaired) electrons. The number of aryl methyl sites for hydroxylation is 2. The van der Waals surface area contributed by atoms with E-state index in [0.29, 0.717) is 6.61 Å². The second kappa shape index (κ2) is 7.17. The Bertz CT molecular complexity index is 608. The topological polar surface area (TPSA) is 64.3 Å². The molecule has 1 aromatic heterocycles. The zero-order valence-corrected chi connectivity index (χ0v) is 12.9. The lowest BCUT2D eigenvalue weighted by Gasteiger charge is -2.06. The molecule has 5 nitrogen and oxygen atoms in total. The highest BCUT2D eigenvalue weighted by molar-refractivity contribution is 7.99. The quantitative estimate of drug-likeness (QED) is 0.629. The van der Waals surface area contributed by atoms with Gasteiger partial charge in [0.15, 0.2) is 0 Å². The van der Waals surface area contributed by atoms with Gasteiger partial charge < -0.3 is 9.84 Å². The Morgan fingerprint density at radius 2 is 2.10 bits per heavy atom. The van der Waals surface area contributed by atoms with Gasteiger partial charge in [0, 0.05) is 12.8 Å². The first-order chi connectivity index (χ1) is 10.0. The number of carbonyl (C=O) groups is 1. The Labute approximate surface area is 127 Å². The van der Waals surface area contributed by atoms with Crippen molar-refractivity contribution in [1.82, 2.24) is 9.78 Å². The first-order valence-corrected chi connectivity index (χ1v) is 7.60. The Morgan fingerprint density at radius 3 is 2.67 bits per heavy atom. The number of ether oxygens (including phenoxy) is 1. The van der Waals surface area contributed by atoms with Crippen molar-refractivity contribution in [3.8, 4) is 5.75 Å². The number of carboxylic acid groups (broad SMARTS) is 1. The van der Waals surface area contributed by atoms with Crippen LogP contribution in [0.5, 0.6) is 5.75 Å². The van der Waals surface area contributed by atoms with E-state index in [-0.39, 0.29) is 6.42 Å². The Balaban J connectivity index is 1.76. The minimum absolute atomic E-state index is 0.0377. The van der Waals surface area contributed by atoms with E-state index < -0.39 is 5.97 Å². The van der Waals surface area contributed by atoms with Gasteiger partial charge in [-0.1, -0.05) is 12.1 Å². The maximum Gasteiger partial charge on any atom is 0.307 e. The van der Waals surface area contributed by atoms with Crippen LogP contribution in [0.25, 0.3) is 0 Å². The summed E-state index contributed by atoms with van der Waals surface area (Å²) in [5.74, 6) is 0.757. The molecule has 2 rings (SSSR count). The van der Waals surface area contributed by atoms with Gasteiger partial charge in [0.2, 0.25) is 0 Å². The van der Waals surface area contributed by atoms with Gasteiger partial charge in [-0.25, -0.2) is 0 Å². The predicted octanol–water partition coefficient (Wildman–Crippen LogP) is 2.53. The number of aromatic nitrogens is 2. The maximum atomic E-state index is 10.6. The van der Waals surface area contributed by atoms with Crippen molar-refractivity contribution in [1.29, 1.82) is 0 Å². The van der Waals surface area contributed by atoms with Crippen molar-refractivity contribution < 1.29 is 14.6 Å². The summed E-state index contributed by atoms with van der Waals surface area (Å²) < 4.78 is 7.50. The molecule has 0 saturated carbocycles. The van der Waals surface area contributed by atoms with Crippen LogP contribution in [0, 0.1) is 6.92 Å². The Kier molecular flexibility index (Phi) is 5.27. The second-order valence-electron chi connectivity index (χ2n) is 4.66. The maximum absolute atomic E-state index is 10.6. The number of rotatable bonds is 7. The molecule has 1 aromatic carbocycles. The molecular formula is C15H18N2O3S. The molecule has 1 heterocycles. The van der Waals surface area contributed by atoms with Gasteiger partial charge in [0.05, 0.1) is 23.7 Å². The molecule has 0 unspecified atom stereocenters. The van der Waals surface area contributed by atoms with Crippen molar-refractivity contribution in [3.05, 3.63) is 41.6 Å². The van der Waals surface area contributed by atoms with E-state index in [1.54, 1.807) is 36.0 Å². The highest BCUT2D eigenvalue weighted by atomic mass is 32.2. The molecule has 1 N–H and O–H groups in total. The molecule has 0 saturated heterocycles. The third kappa shape index (κ3) is 4.82. The lowest BCUT2D eigenvalue weighted by atomic mass is 10.1. The summed E-state index contributed by atoms with van der Waals surface area (Å²) in [5.41, 5.74) is 1.78. The number of hydrogen-bond donors (Lipinski definition) is 1. The van der Waals surface area contributed by atoms with Crippen LogP contribution in [0.2, 0.25) is 0 Å². The van der Waals surface area contributed by atoms with E-state index in [9.17, 15) is 4.79 Å². The summed E-state index contributed by atoms with van der Waals surface area (Å²) in [6.07, 6.45) is 0.0377. The number of aliphatic carboxylic acids is 1. The van der Waals surface area contributed by atoms with E-state index in [1.165, 1.54) is 0 Å². The minimum atomic E-state index is -0.827. The van der Waals surface area contributed by atoms with Gasteiger partial charge >= 0.3 is 5.97 Å². The molecule has 0 aliphatic carbocycles. The van der Waals surface area contributed by atoms with Gasteiger partial charge in [-0.15, -0.1) is 11.8 Å². The highest BCUT2D eigenvalue weighted by Gasteiger charge is 2.03. The van der Waals surface area contributed by atoms with E-state index in [1.807, 2.05) is 24.7 Å². The molecule has 112 valence electrons. The van der Waals surface area contributed by atoms with Gasteiger partial charge in [0.1, 0.15) is 5.75 Å². The molecule has 21 heavy (non-hydrogen) atoms. The first kappa shape index (κ1) is 15.4. The Hall–Kier alpha value is -1.95. The average molecular weight is 306 g/mol. The number of hydrogen-bond acceptors (Lipinski definition) is 4. The van der Waals surface area contributed by atoms with Crippen LogP contribution in [0.4, 0.5) is 0 Å². The van der Waals surface area contributed by atoms with Gasteiger partial charge in [-0.3, -0.25) is 9.48 Å². The molecule has 0 atom stereocenters. The van der Waals surface area contributed by atoms with Crippen LogP contribution in [0.15, 0.2) is 35.4 Å². The molecular weight excluding hydrogens is 288 g/mol. The van der Waals surface area contributed by atoms with Crippen molar-refractivity contribution in [2.24, 2.45) is 7.05 Å². The molecule has 0 fully saturated rings. The molecule has 6 heteroatoms. The summed E-state index contributed by atoms with van der Waals surface area (Å²) in [6.45, 7) is 2.56. The second-order valence-corrected chi connectivity index (χ2v) is 5.77. The van der Waals surface area contributed by atoms with E-state index in [2.05, 4.69) is 5.10 Å². The standard InChI is InChI=1S/C15H18N2O3S/c1-11-9-14(17(2)16-11)21-8-7-20-13-5-3-12(4-6-13)10-15(18)19/h3-6,9H,7-8,10H2,1-2H3,(H,18,19). The number of carboxylic acids is 1. The summed E-state index contributed by atoms with van der Waals surface area (Å²) >= 11 is 1.70. The number of nitrogens with zero attached hydrogens (tertiary/aromatic N) is 2. The van der Waals surface area contributed by atoms with Crippen LogP contribution in [-0.4, -0.2) is 33.2 Å². The molecule has 0 spiro atoms. The Morgan fingerprint density at radius 1 is 1.38 bits per heavy atom. The fourth-order valence-electron chi connectivity index (χ4n) is 1.91. The van der Waals surface area contributed by atoms with E-state index in [0.717, 1.165) is 27.8 Å². The summed E-state index contributed by atoms with van der Waals surface area (Å²) in [6, 6.07) is 9.21. The lowest BCUT2D eigenvalue weighted by Crippen LogP contribution is -2.02. The van der Waals surface area contributed by atoms with Crippen LogP contribution >= 0.6 is 11.8 Å².